The second-order valence-electron chi connectivity index (χ2n) is 6.18. The monoisotopic (exact) mass is 449 g/mol. The molecule has 2 amide bonds. The first-order chi connectivity index (χ1) is 13.9. The lowest BCUT2D eigenvalue weighted by Gasteiger charge is -2.14. The van der Waals surface area contributed by atoms with Crippen LogP contribution in [-0.2, 0) is 23.0 Å². The molecule has 0 radical (unpaired) electrons. The molecule has 1 heterocycles. The zero-order valence-corrected chi connectivity index (χ0v) is 18.0. The molecule has 0 bridgehead atoms. The standard InChI is InChI=1S/C20H20ClN3O3S2/c1-2-15-12-16(8-9-17(15)22-13-14-6-4-3-5-7-14)23-20(25)24-29(26,27)19-11-10-18(21)28-19/h3-12,22H,2,13H2,1H3,(H2,23,24,25). The molecule has 2 aromatic carbocycles. The molecular formula is C20H20ClN3O3S2. The van der Waals surface area contributed by atoms with Gasteiger partial charge in [0.15, 0.2) is 0 Å². The molecule has 1 aromatic heterocycles. The highest BCUT2D eigenvalue weighted by Crippen LogP contribution is 2.26. The van der Waals surface area contributed by atoms with Gasteiger partial charge in [0.1, 0.15) is 4.21 Å². The van der Waals surface area contributed by atoms with Gasteiger partial charge in [0.2, 0.25) is 0 Å². The van der Waals surface area contributed by atoms with Crippen molar-refractivity contribution >= 4 is 50.4 Å². The zero-order chi connectivity index (χ0) is 20.9. The Kier molecular flexibility index (Phi) is 6.79. The van der Waals surface area contributed by atoms with Crippen LogP contribution >= 0.6 is 22.9 Å². The van der Waals surface area contributed by atoms with Crippen molar-refractivity contribution in [2.75, 3.05) is 10.6 Å². The first kappa shape index (κ1) is 21.2. The van der Waals surface area contributed by atoms with Crippen LogP contribution < -0.4 is 15.4 Å². The number of amides is 2. The summed E-state index contributed by atoms with van der Waals surface area (Å²) in [5, 5.41) is 5.95. The third-order valence-corrected chi connectivity index (χ3v) is 7.16. The molecule has 0 aliphatic rings. The van der Waals surface area contributed by atoms with Gasteiger partial charge in [-0.25, -0.2) is 17.9 Å². The second kappa shape index (κ2) is 9.30. The minimum Gasteiger partial charge on any atom is -0.381 e. The Balaban J connectivity index is 1.65. The maximum absolute atomic E-state index is 12.2. The van der Waals surface area contributed by atoms with E-state index in [1.54, 1.807) is 6.07 Å². The molecule has 0 aliphatic heterocycles. The Morgan fingerprint density at radius 2 is 1.83 bits per heavy atom. The number of aryl methyl sites for hydroxylation is 1. The third kappa shape index (κ3) is 5.72. The number of carbonyl (C=O) groups is 1. The molecule has 3 rings (SSSR count). The Labute approximate surface area is 179 Å². The highest BCUT2D eigenvalue weighted by molar-refractivity contribution is 7.92. The molecule has 0 saturated heterocycles. The van der Waals surface area contributed by atoms with Gasteiger partial charge in [0.25, 0.3) is 10.0 Å². The SMILES string of the molecule is CCc1cc(NC(=O)NS(=O)(=O)c2ccc(Cl)s2)ccc1NCc1ccccc1. The molecule has 0 saturated carbocycles. The van der Waals surface area contributed by atoms with Crippen molar-refractivity contribution in [2.24, 2.45) is 0 Å². The number of hydrogen-bond acceptors (Lipinski definition) is 5. The number of thiophene rings is 1. The quantitative estimate of drug-likeness (QED) is 0.469. The van der Waals surface area contributed by atoms with Crippen molar-refractivity contribution < 1.29 is 13.2 Å². The minimum absolute atomic E-state index is 0.0210. The number of benzene rings is 2. The van der Waals surface area contributed by atoms with E-state index >= 15 is 0 Å². The summed E-state index contributed by atoms with van der Waals surface area (Å²) in [6.45, 7) is 2.70. The van der Waals surface area contributed by atoms with Crippen LogP contribution in [0.25, 0.3) is 0 Å². The third-order valence-electron chi connectivity index (χ3n) is 4.11. The van der Waals surface area contributed by atoms with E-state index in [0.29, 0.717) is 16.6 Å². The fraction of sp³-hybridized carbons (Fsp3) is 0.150. The van der Waals surface area contributed by atoms with Gasteiger partial charge in [-0.1, -0.05) is 48.9 Å². The Morgan fingerprint density at radius 3 is 2.48 bits per heavy atom. The number of hydrogen-bond donors (Lipinski definition) is 3. The number of carbonyl (C=O) groups excluding carboxylic acids is 1. The van der Waals surface area contributed by atoms with E-state index in [9.17, 15) is 13.2 Å². The second-order valence-corrected chi connectivity index (χ2v) is 9.81. The van der Waals surface area contributed by atoms with Gasteiger partial charge in [-0.3, -0.25) is 0 Å². The van der Waals surface area contributed by atoms with Crippen LogP contribution in [0.4, 0.5) is 16.2 Å². The van der Waals surface area contributed by atoms with Gasteiger partial charge in [-0.05, 0) is 47.9 Å². The van der Waals surface area contributed by atoms with Crippen molar-refractivity contribution in [1.29, 1.82) is 0 Å². The van der Waals surface area contributed by atoms with Crippen LogP contribution in [0.2, 0.25) is 4.34 Å². The Bertz CT molecular complexity index is 1100. The summed E-state index contributed by atoms with van der Waals surface area (Å²) in [6.07, 6.45) is 0.750. The molecular weight excluding hydrogens is 430 g/mol. The van der Waals surface area contributed by atoms with E-state index in [0.717, 1.165) is 34.6 Å². The summed E-state index contributed by atoms with van der Waals surface area (Å²) in [5.41, 5.74) is 3.63. The topological polar surface area (TPSA) is 87.3 Å². The Morgan fingerprint density at radius 1 is 1.07 bits per heavy atom. The summed E-state index contributed by atoms with van der Waals surface area (Å²) in [7, 11) is -3.96. The summed E-state index contributed by atoms with van der Waals surface area (Å²) < 4.78 is 26.7. The zero-order valence-electron chi connectivity index (χ0n) is 15.6. The van der Waals surface area contributed by atoms with Gasteiger partial charge >= 0.3 is 6.03 Å². The van der Waals surface area contributed by atoms with Gasteiger partial charge in [-0.15, -0.1) is 11.3 Å². The maximum atomic E-state index is 12.2. The van der Waals surface area contributed by atoms with E-state index in [2.05, 4.69) is 10.6 Å². The smallest absolute Gasteiger partial charge is 0.333 e. The van der Waals surface area contributed by atoms with Crippen molar-refractivity contribution in [1.82, 2.24) is 4.72 Å². The lowest BCUT2D eigenvalue weighted by molar-refractivity contribution is 0.256. The van der Waals surface area contributed by atoms with E-state index in [-0.39, 0.29) is 4.21 Å². The van der Waals surface area contributed by atoms with Crippen LogP contribution in [0.15, 0.2) is 64.9 Å². The number of rotatable bonds is 7. The van der Waals surface area contributed by atoms with E-state index in [1.807, 2.05) is 54.1 Å². The molecule has 152 valence electrons. The molecule has 29 heavy (non-hydrogen) atoms. The molecule has 0 fully saturated rings. The predicted molar refractivity (Wildman–Crippen MR) is 118 cm³/mol. The number of halogens is 1. The molecule has 0 unspecified atom stereocenters. The maximum Gasteiger partial charge on any atom is 0.333 e. The first-order valence-electron chi connectivity index (χ1n) is 8.87. The molecule has 9 heteroatoms. The summed E-state index contributed by atoms with van der Waals surface area (Å²) in [6, 6.07) is 17.4. The fourth-order valence-corrected chi connectivity index (χ4v) is 5.09. The average Bonchev–Trinajstić information content (AvgIpc) is 3.14. The summed E-state index contributed by atoms with van der Waals surface area (Å²) in [5.74, 6) is 0. The fourth-order valence-electron chi connectivity index (χ4n) is 2.70. The van der Waals surface area contributed by atoms with Crippen LogP contribution in [0, 0.1) is 0 Å². The van der Waals surface area contributed by atoms with Gasteiger partial charge in [0.05, 0.1) is 4.34 Å². The molecule has 3 N–H and O–H groups in total. The van der Waals surface area contributed by atoms with Gasteiger partial charge < -0.3 is 10.6 Å². The van der Waals surface area contributed by atoms with Crippen LogP contribution in [0.5, 0.6) is 0 Å². The predicted octanol–water partition coefficient (Wildman–Crippen LogP) is 5.09. The average molecular weight is 450 g/mol. The minimum atomic E-state index is -3.96. The molecule has 3 aromatic rings. The van der Waals surface area contributed by atoms with Gasteiger partial charge in [0, 0.05) is 17.9 Å². The van der Waals surface area contributed by atoms with Crippen LogP contribution in [0.1, 0.15) is 18.1 Å². The number of anilines is 2. The summed E-state index contributed by atoms with van der Waals surface area (Å²) in [4.78, 5) is 12.2. The highest BCUT2D eigenvalue weighted by atomic mass is 35.5. The van der Waals surface area contributed by atoms with Crippen LogP contribution in [-0.4, -0.2) is 14.4 Å². The molecule has 0 aliphatic carbocycles. The van der Waals surface area contributed by atoms with E-state index < -0.39 is 16.1 Å². The van der Waals surface area contributed by atoms with Crippen molar-refractivity contribution in [3.05, 3.63) is 76.1 Å². The van der Waals surface area contributed by atoms with E-state index in [4.69, 9.17) is 11.6 Å². The van der Waals surface area contributed by atoms with E-state index in [1.165, 1.54) is 12.1 Å². The highest BCUT2D eigenvalue weighted by Gasteiger charge is 2.20. The number of urea groups is 1. The molecule has 0 atom stereocenters. The largest absolute Gasteiger partial charge is 0.381 e. The number of nitrogens with one attached hydrogen (secondary N) is 3. The van der Waals surface area contributed by atoms with Gasteiger partial charge in [-0.2, -0.15) is 0 Å². The lowest BCUT2D eigenvalue weighted by Crippen LogP contribution is -2.34. The normalized spacial score (nSPS) is 11.1. The van der Waals surface area contributed by atoms with Crippen LogP contribution in [0.3, 0.4) is 0 Å². The molecule has 6 nitrogen and oxygen atoms in total. The van der Waals surface area contributed by atoms with Crippen molar-refractivity contribution in [2.45, 2.75) is 24.1 Å². The lowest BCUT2D eigenvalue weighted by atomic mass is 10.1. The first-order valence-corrected chi connectivity index (χ1v) is 11.5. The molecule has 0 spiro atoms. The number of sulfonamides is 1. The Hall–Kier alpha value is -2.55. The van der Waals surface area contributed by atoms with Crippen molar-refractivity contribution in [3.63, 3.8) is 0 Å². The summed E-state index contributed by atoms with van der Waals surface area (Å²) >= 11 is 6.65. The van der Waals surface area contributed by atoms with Crippen molar-refractivity contribution in [3.8, 4) is 0 Å².